The molecule has 2 amide bonds. The van der Waals surface area contributed by atoms with Gasteiger partial charge in [-0.1, -0.05) is 18.2 Å². The van der Waals surface area contributed by atoms with Gasteiger partial charge in [-0.2, -0.15) is 0 Å². The van der Waals surface area contributed by atoms with E-state index in [1.807, 2.05) is 24.3 Å². The van der Waals surface area contributed by atoms with Crippen LogP contribution < -0.4 is 15.4 Å². The first-order chi connectivity index (χ1) is 11.7. The van der Waals surface area contributed by atoms with Gasteiger partial charge in [0, 0.05) is 13.5 Å². The third kappa shape index (κ3) is 3.70. The van der Waals surface area contributed by atoms with Crippen LogP contribution in [0.1, 0.15) is 24.3 Å². The van der Waals surface area contributed by atoms with Crippen LogP contribution in [0.15, 0.2) is 30.6 Å². The van der Waals surface area contributed by atoms with E-state index in [1.54, 1.807) is 7.05 Å². The molecule has 3 rings (SSSR count). The van der Waals surface area contributed by atoms with Gasteiger partial charge in [0.25, 0.3) is 0 Å². The highest BCUT2D eigenvalue weighted by Gasteiger charge is 2.23. The number of rotatable bonds is 5. The molecule has 0 unspecified atom stereocenters. The van der Waals surface area contributed by atoms with Crippen molar-refractivity contribution in [3.63, 3.8) is 0 Å². The number of amides is 2. The maximum atomic E-state index is 12.3. The van der Waals surface area contributed by atoms with Gasteiger partial charge in [0.2, 0.25) is 17.8 Å². The third-order valence-corrected chi connectivity index (χ3v) is 3.89. The number of nitrogens with one attached hydrogen (secondary N) is 2. The van der Waals surface area contributed by atoms with Crippen molar-refractivity contribution >= 4 is 17.8 Å². The fourth-order valence-electron chi connectivity index (χ4n) is 2.68. The lowest BCUT2D eigenvalue weighted by molar-refractivity contribution is -0.121. The topological polar surface area (TPSA) is 98.1 Å². The maximum absolute atomic E-state index is 12.3. The summed E-state index contributed by atoms with van der Waals surface area (Å²) < 4.78 is 6.98. The van der Waals surface area contributed by atoms with Crippen LogP contribution in [-0.2, 0) is 16.1 Å². The smallest absolute Gasteiger partial charge is 0.248 e. The van der Waals surface area contributed by atoms with Crippen molar-refractivity contribution < 1.29 is 14.3 Å². The van der Waals surface area contributed by atoms with E-state index in [9.17, 15) is 9.59 Å². The Labute approximate surface area is 139 Å². The Balaban J connectivity index is 1.60. The summed E-state index contributed by atoms with van der Waals surface area (Å²) in [6.07, 6.45) is 2.54. The predicted octanol–water partition coefficient (Wildman–Crippen LogP) is 0.919. The molecule has 2 N–H and O–H groups in total. The lowest BCUT2D eigenvalue weighted by atomic mass is 9.90. The average Bonchev–Trinajstić information content (AvgIpc) is 3.01. The summed E-state index contributed by atoms with van der Waals surface area (Å²) in [5.74, 6) is 0.813. The van der Waals surface area contributed by atoms with Crippen LogP contribution in [0, 0.1) is 0 Å². The normalized spacial score (nSPS) is 16.0. The molecule has 8 nitrogen and oxygen atoms in total. The summed E-state index contributed by atoms with van der Waals surface area (Å²) >= 11 is 0. The van der Waals surface area contributed by atoms with Gasteiger partial charge < -0.3 is 10.1 Å². The Morgan fingerprint density at radius 2 is 2.17 bits per heavy atom. The Bertz CT molecular complexity index is 743. The lowest BCUT2D eigenvalue weighted by Crippen LogP contribution is -2.24. The van der Waals surface area contributed by atoms with E-state index in [4.69, 9.17) is 4.74 Å². The highest BCUT2D eigenvalue weighted by molar-refractivity contribution is 5.89. The van der Waals surface area contributed by atoms with Crippen LogP contribution >= 0.6 is 0 Å². The molecule has 0 bridgehead atoms. The van der Waals surface area contributed by atoms with E-state index in [-0.39, 0.29) is 30.2 Å². The van der Waals surface area contributed by atoms with E-state index < -0.39 is 0 Å². The molecule has 0 saturated carbocycles. The van der Waals surface area contributed by atoms with Crippen LogP contribution in [-0.4, -0.2) is 40.2 Å². The van der Waals surface area contributed by atoms with E-state index in [1.165, 1.54) is 11.0 Å². The van der Waals surface area contributed by atoms with Gasteiger partial charge in [-0.3, -0.25) is 14.9 Å². The number of carbonyl (C=O) groups is 2. The SMILES string of the molecule is CNC(=O)Cn1cnc(NC(=O)C[C@@H]2CCOc3ccccc32)n1. The number of fused-ring (bicyclic) bond motifs is 1. The van der Waals surface area contributed by atoms with Gasteiger partial charge in [0.1, 0.15) is 18.6 Å². The summed E-state index contributed by atoms with van der Waals surface area (Å²) in [6, 6.07) is 7.77. The molecule has 1 aliphatic heterocycles. The van der Waals surface area contributed by atoms with E-state index in [0.29, 0.717) is 13.0 Å². The number of anilines is 1. The minimum absolute atomic E-state index is 0.0622. The summed E-state index contributed by atoms with van der Waals surface area (Å²) in [5.41, 5.74) is 1.05. The van der Waals surface area contributed by atoms with Crippen molar-refractivity contribution in [1.82, 2.24) is 20.1 Å². The number of aromatic nitrogens is 3. The highest BCUT2D eigenvalue weighted by atomic mass is 16.5. The summed E-state index contributed by atoms with van der Waals surface area (Å²) in [5, 5.41) is 9.24. The minimum atomic E-state index is -0.184. The highest BCUT2D eigenvalue weighted by Crippen LogP contribution is 2.35. The second kappa shape index (κ2) is 7.12. The van der Waals surface area contributed by atoms with E-state index in [0.717, 1.165) is 17.7 Å². The van der Waals surface area contributed by atoms with Gasteiger partial charge in [-0.25, -0.2) is 9.67 Å². The largest absolute Gasteiger partial charge is 0.493 e. The van der Waals surface area contributed by atoms with Crippen LogP contribution in [0.4, 0.5) is 5.95 Å². The van der Waals surface area contributed by atoms with Gasteiger partial charge >= 0.3 is 0 Å². The zero-order chi connectivity index (χ0) is 16.9. The number of ether oxygens (including phenoxy) is 1. The molecule has 1 aromatic heterocycles. The molecule has 0 fully saturated rings. The van der Waals surface area contributed by atoms with Crippen molar-refractivity contribution in [1.29, 1.82) is 0 Å². The van der Waals surface area contributed by atoms with Gasteiger partial charge in [-0.05, 0) is 24.0 Å². The molecule has 2 heterocycles. The standard InChI is InChI=1S/C16H19N5O3/c1-17-15(23)9-21-10-18-16(20-21)19-14(22)8-11-6-7-24-13-5-3-2-4-12(11)13/h2-5,10-11H,6-9H2,1H3,(H,17,23)(H,19,20,22)/t11-/m0/s1. The Kier molecular flexibility index (Phi) is 4.74. The monoisotopic (exact) mass is 329 g/mol. The minimum Gasteiger partial charge on any atom is -0.493 e. The zero-order valence-electron chi connectivity index (χ0n) is 13.4. The molecule has 1 aliphatic rings. The Morgan fingerprint density at radius 1 is 1.33 bits per heavy atom. The molecule has 2 aromatic rings. The summed E-state index contributed by atoms with van der Waals surface area (Å²) in [6.45, 7) is 0.667. The molecule has 0 saturated heterocycles. The summed E-state index contributed by atoms with van der Waals surface area (Å²) in [7, 11) is 1.55. The molecule has 24 heavy (non-hydrogen) atoms. The predicted molar refractivity (Wildman–Crippen MR) is 86.6 cm³/mol. The molecule has 1 aromatic carbocycles. The quantitative estimate of drug-likeness (QED) is 0.850. The average molecular weight is 329 g/mol. The molecular weight excluding hydrogens is 310 g/mol. The summed E-state index contributed by atoms with van der Waals surface area (Å²) in [4.78, 5) is 27.5. The molecule has 0 aliphatic carbocycles. The Hall–Kier alpha value is -2.90. The number of hydrogen-bond donors (Lipinski definition) is 2. The molecule has 8 heteroatoms. The molecular formula is C16H19N5O3. The van der Waals surface area contributed by atoms with Crippen molar-refractivity contribution in [2.24, 2.45) is 0 Å². The van der Waals surface area contributed by atoms with Gasteiger partial charge in [0.05, 0.1) is 6.61 Å². The fraction of sp³-hybridized carbons (Fsp3) is 0.375. The van der Waals surface area contributed by atoms with Crippen molar-refractivity contribution in [3.8, 4) is 5.75 Å². The number of para-hydroxylation sites is 1. The van der Waals surface area contributed by atoms with Crippen molar-refractivity contribution in [2.75, 3.05) is 19.0 Å². The second-order valence-corrected chi connectivity index (χ2v) is 5.56. The van der Waals surface area contributed by atoms with Crippen LogP contribution in [0.5, 0.6) is 5.75 Å². The zero-order valence-corrected chi connectivity index (χ0v) is 13.4. The number of carbonyl (C=O) groups excluding carboxylic acids is 2. The number of benzene rings is 1. The van der Waals surface area contributed by atoms with E-state index in [2.05, 4.69) is 20.7 Å². The molecule has 1 atom stereocenters. The van der Waals surface area contributed by atoms with E-state index >= 15 is 0 Å². The molecule has 0 radical (unpaired) electrons. The first kappa shape index (κ1) is 16.0. The van der Waals surface area contributed by atoms with Crippen LogP contribution in [0.2, 0.25) is 0 Å². The first-order valence-corrected chi connectivity index (χ1v) is 7.77. The van der Waals surface area contributed by atoms with Crippen LogP contribution in [0.3, 0.4) is 0 Å². The van der Waals surface area contributed by atoms with Gasteiger partial charge in [0.15, 0.2) is 0 Å². The second-order valence-electron chi connectivity index (χ2n) is 5.56. The van der Waals surface area contributed by atoms with Gasteiger partial charge in [-0.15, -0.1) is 5.10 Å². The number of hydrogen-bond acceptors (Lipinski definition) is 5. The van der Waals surface area contributed by atoms with Crippen LogP contribution in [0.25, 0.3) is 0 Å². The third-order valence-electron chi connectivity index (χ3n) is 3.89. The maximum Gasteiger partial charge on any atom is 0.248 e. The first-order valence-electron chi connectivity index (χ1n) is 7.77. The fourth-order valence-corrected chi connectivity index (χ4v) is 2.68. The van der Waals surface area contributed by atoms with Crippen molar-refractivity contribution in [2.45, 2.75) is 25.3 Å². The molecule has 126 valence electrons. The lowest BCUT2D eigenvalue weighted by Gasteiger charge is -2.25. The molecule has 0 spiro atoms. The van der Waals surface area contributed by atoms with Crippen molar-refractivity contribution in [3.05, 3.63) is 36.2 Å². The number of nitrogens with zero attached hydrogens (tertiary/aromatic N) is 3. The number of likely N-dealkylation sites (N-methyl/N-ethyl adjacent to an activating group) is 1. The Morgan fingerprint density at radius 3 is 3.00 bits per heavy atom.